The van der Waals surface area contributed by atoms with Gasteiger partial charge in [-0.3, -0.25) is 53.3 Å². The second-order valence-electron chi connectivity index (χ2n) is 39.0. The van der Waals surface area contributed by atoms with Crippen LogP contribution in [0.2, 0.25) is 0 Å². The van der Waals surface area contributed by atoms with Crippen LogP contribution in [0.1, 0.15) is 291 Å². The van der Waals surface area contributed by atoms with Gasteiger partial charge in [0, 0.05) is 7.85 Å². The van der Waals surface area contributed by atoms with Crippen LogP contribution in [0.25, 0.3) is 0 Å². The molecule has 23 N–H and O–H groups in total. The minimum atomic E-state index is -1.20. The molecule has 0 aliphatic carbocycles. The predicted molar refractivity (Wildman–Crippen MR) is 540 cm³/mol. The van der Waals surface area contributed by atoms with E-state index in [1.807, 2.05) is 90.0 Å². The van der Waals surface area contributed by atoms with Gasteiger partial charge >= 0.3 is 47.8 Å². The van der Waals surface area contributed by atoms with E-state index in [-0.39, 0.29) is 69.7 Å². The first-order chi connectivity index (χ1) is 60.5. The minimum Gasteiger partial charge on any atom is -0.480 e. The Kier molecular flexibility index (Phi) is 107. The number of aliphatic hydroxyl groups excluding tert-OH is 4. The normalized spacial score (nSPS) is 13.6. The number of ether oxygens (including phenoxy) is 2. The number of hydrogen-bond donors (Lipinski definition) is 23. The van der Waals surface area contributed by atoms with E-state index in [1.165, 1.54) is 28.1 Å². The molecular formula is C95H208N16O22. The average Bonchev–Trinajstić information content (AvgIpc) is 1.02. The zero-order valence-electron chi connectivity index (χ0n) is 89.8. The molecule has 38 nitrogen and oxygen atoms in total. The molecule has 1 aromatic rings. The van der Waals surface area contributed by atoms with Gasteiger partial charge in [-0.1, -0.05) is 207 Å². The number of carboxylic acids is 6. The maximum Gasteiger partial charge on any atom is 0.326 e. The highest BCUT2D eigenvalue weighted by atomic mass is 16.5. The number of carbonyl (C=O) groups excluding carboxylic acids is 4. The number of esters is 2. The Bertz CT molecular complexity index is 2840. The molecule has 0 amide bonds. The lowest BCUT2D eigenvalue weighted by molar-refractivity contribution is -0.146. The Morgan fingerprint density at radius 2 is 0.677 bits per heavy atom. The molecular weight excluding hydrogens is 1720 g/mol. The van der Waals surface area contributed by atoms with E-state index in [2.05, 4.69) is 205 Å². The summed E-state index contributed by atoms with van der Waals surface area (Å²) in [5.74, 6) is 2.24. The van der Waals surface area contributed by atoms with Crippen molar-refractivity contribution in [2.45, 2.75) is 355 Å². The summed E-state index contributed by atoms with van der Waals surface area (Å²) in [7, 11) is 2.80. The first-order valence-electron chi connectivity index (χ1n) is 47.1. The van der Waals surface area contributed by atoms with Crippen molar-refractivity contribution in [3.05, 3.63) is 5.82 Å². The van der Waals surface area contributed by atoms with Crippen molar-refractivity contribution in [2.24, 2.45) is 76.9 Å². The molecule has 38 heteroatoms. The van der Waals surface area contributed by atoms with Crippen LogP contribution >= 0.6 is 0 Å². The third-order valence-corrected chi connectivity index (χ3v) is 17.3. The number of carboxylic acid groups (broad SMARTS) is 6. The Balaban J connectivity index is -0.000000108. The summed E-state index contributed by atoms with van der Waals surface area (Å²) in [6.45, 7) is 85.1. The Labute approximate surface area is 806 Å². The number of nitrogens with one attached hydrogen (secondary N) is 13. The molecule has 1 rings (SSSR count). The predicted octanol–water partition coefficient (Wildman–Crippen LogP) is 9.18. The van der Waals surface area contributed by atoms with E-state index in [1.54, 1.807) is 48.5 Å². The molecule has 0 saturated carbocycles. The van der Waals surface area contributed by atoms with Crippen molar-refractivity contribution in [3.8, 4) is 0 Å². The van der Waals surface area contributed by atoms with Gasteiger partial charge in [0.15, 0.2) is 11.6 Å². The summed E-state index contributed by atoms with van der Waals surface area (Å²) in [4.78, 5) is 107. The second kappa shape index (κ2) is 93.2. The molecule has 0 spiro atoms. The lowest BCUT2D eigenvalue weighted by Crippen LogP contribution is -2.53. The molecule has 0 aliphatic heterocycles. The number of hydrogen-bond acceptors (Lipinski definition) is 31. The van der Waals surface area contributed by atoms with Crippen LogP contribution < -0.4 is 63.8 Å². The molecule has 133 heavy (non-hydrogen) atoms. The Morgan fingerprint density at radius 1 is 0.376 bits per heavy atom. The molecule has 0 aromatic carbocycles. The first-order valence-corrected chi connectivity index (χ1v) is 47.1. The number of aromatic nitrogens is 4. The number of Topliss-reactive ketones (excluding diaryl/α,β-unsaturated/α-hetero) is 2. The molecule has 0 aliphatic rings. The summed E-state index contributed by atoms with van der Waals surface area (Å²) >= 11 is 0. The summed E-state index contributed by atoms with van der Waals surface area (Å²) < 4.78 is 9.09. The van der Waals surface area contributed by atoms with Gasteiger partial charge in [-0.2, -0.15) is 5.21 Å². The van der Waals surface area contributed by atoms with Crippen LogP contribution in [0.4, 0.5) is 0 Å². The summed E-state index contributed by atoms with van der Waals surface area (Å²) in [6, 6.07) is -2.85. The van der Waals surface area contributed by atoms with Crippen molar-refractivity contribution < 1.29 is 110 Å². The number of H-pyrrole nitrogens is 1. The first kappa shape index (κ1) is 152. The van der Waals surface area contributed by atoms with Gasteiger partial charge in [-0.25, -0.2) is 0 Å². The maximum absolute atomic E-state index is 11.5. The SMILES string of the molecule is C.CC(=O)[C@@H](C)NCC(C)C.CC(C)CNC(C)(C)C(=O)O.CC(C)CNCC(C)C.CC(C)CNCc1nn[nH]n1.CC(C)CN[C@@H](C)C(=O)O.CC(C)CN[C@@H](CO)C(=O)O.CC(C)CN[C@@](C)(CO)C(=O)O.CC(C)CN[C@H](C(=O)O)C(C)O.CCC(=O)[C@](C)(CO)NCC(C)C.CC[C@@H](NCC(C)C)C(=O)O.COC(=O)[C@@H](C)NCC(C)C.COC(=O)[C@H](C)NCC(C)C.[HH]. The monoisotopic (exact) mass is 1930 g/mol. The molecule has 0 fully saturated rings. The Hall–Kier alpha value is -6.47. The van der Waals surface area contributed by atoms with Gasteiger partial charge in [-0.05, 0) is 238 Å². The zero-order valence-corrected chi connectivity index (χ0v) is 89.8. The van der Waals surface area contributed by atoms with Gasteiger partial charge in [0.1, 0.15) is 53.1 Å². The minimum absolute atomic E-state index is 0. The smallest absolute Gasteiger partial charge is 0.326 e. The van der Waals surface area contributed by atoms with E-state index in [4.69, 9.17) is 51.1 Å². The van der Waals surface area contributed by atoms with E-state index in [0.717, 1.165) is 77.3 Å². The van der Waals surface area contributed by atoms with Gasteiger partial charge in [0.05, 0.1) is 58.3 Å². The van der Waals surface area contributed by atoms with Crippen molar-refractivity contribution >= 4 is 59.3 Å². The Morgan fingerprint density at radius 3 is 0.925 bits per heavy atom. The topological polar surface area (TPSA) is 590 Å². The third-order valence-electron chi connectivity index (χ3n) is 17.3. The number of tetrazole rings is 1. The van der Waals surface area contributed by atoms with E-state index < -0.39 is 83.3 Å². The van der Waals surface area contributed by atoms with Crippen LogP contribution in [0, 0.1) is 76.9 Å². The lowest BCUT2D eigenvalue weighted by Gasteiger charge is -2.27. The fraction of sp³-hybridized carbons (Fsp3) is 0.884. The quantitative estimate of drug-likeness (QED) is 0.0270. The number of carbonyl (C=O) groups is 10. The van der Waals surface area contributed by atoms with Crippen molar-refractivity contribution in [3.63, 3.8) is 0 Å². The van der Waals surface area contributed by atoms with Crippen LogP contribution in [-0.4, -0.2) is 315 Å². The van der Waals surface area contributed by atoms with Crippen LogP contribution in [0.5, 0.6) is 0 Å². The lowest BCUT2D eigenvalue weighted by atomic mass is 9.95. The van der Waals surface area contributed by atoms with E-state index >= 15 is 0 Å². The fourth-order valence-corrected chi connectivity index (χ4v) is 8.24. The molecule has 10 atom stereocenters. The zero-order chi connectivity index (χ0) is 106. The average molecular weight is 1930 g/mol. The number of aliphatic hydroxyl groups is 4. The molecule has 0 bridgehead atoms. The highest BCUT2D eigenvalue weighted by Gasteiger charge is 2.33. The number of ketones is 2. The molecule has 1 aromatic heterocycles. The molecule has 800 valence electrons. The van der Waals surface area contributed by atoms with Gasteiger partial charge in [0.2, 0.25) is 0 Å². The highest BCUT2D eigenvalue weighted by molar-refractivity contribution is 5.88. The summed E-state index contributed by atoms with van der Waals surface area (Å²) in [6.07, 6.45) is 0.241. The van der Waals surface area contributed by atoms with Crippen molar-refractivity contribution in [1.29, 1.82) is 0 Å². The third kappa shape index (κ3) is 111. The highest BCUT2D eigenvalue weighted by Crippen LogP contribution is 2.10. The largest absolute Gasteiger partial charge is 0.480 e. The van der Waals surface area contributed by atoms with Crippen LogP contribution in [0.15, 0.2) is 0 Å². The number of aromatic amines is 1. The van der Waals surface area contributed by atoms with E-state index in [9.17, 15) is 47.9 Å². The maximum atomic E-state index is 11.5. The van der Waals surface area contributed by atoms with Crippen molar-refractivity contribution in [1.82, 2.24) is 84.4 Å². The van der Waals surface area contributed by atoms with Crippen molar-refractivity contribution in [2.75, 3.05) is 119 Å². The summed E-state index contributed by atoms with van der Waals surface area (Å²) in [5.41, 5.74) is -2.76. The molecule has 1 unspecified atom stereocenters. The van der Waals surface area contributed by atoms with Gasteiger partial charge in [0.25, 0.3) is 0 Å². The fourth-order valence-electron chi connectivity index (χ4n) is 8.24. The number of nitrogens with zero attached hydrogens (tertiary/aromatic N) is 3. The van der Waals surface area contributed by atoms with Crippen LogP contribution in [0.3, 0.4) is 0 Å². The second-order valence-corrected chi connectivity index (χ2v) is 39.0. The number of aliphatic carboxylic acids is 6. The van der Waals surface area contributed by atoms with E-state index in [0.29, 0.717) is 110 Å². The molecule has 0 saturated heterocycles. The number of rotatable bonds is 54. The number of methoxy groups -OCH3 is 2. The molecule has 0 radical (unpaired) electrons. The van der Waals surface area contributed by atoms with Crippen LogP contribution in [-0.2, 0) is 64.0 Å². The van der Waals surface area contributed by atoms with Gasteiger partial charge in [-0.15, -0.1) is 10.2 Å². The van der Waals surface area contributed by atoms with Gasteiger partial charge < -0.3 is 119 Å². The standard InChI is InChI=1S/C10H21NO2.2C8H17NO3.4C8H17NO2.C8H17NO.C8H19N.C7H15NO3.C7H15NO2.C6H13N5.CH4.H2/c1-5-9(13)10(4,7-12)11-6-8(2)3;1-6(2)4-9-8(3,5-10)7(11)12;1-5(2)4-9-7(6(3)10)8(11)12;1-6(2)5-9-8(3,4)7(10)11;2*1-6(2)5-9-7(3)8(10)11-4;1-4-7(8(10)11)9-5-6(2)3;1-6(2)5-9-7(3)8(4)10;1-7(2)5-9-6-8(3)4;1-5(2)3-8-6(4-9)7(10)11;1-5(2)4-8-6(3)7(9)10;1-5(2)3-7-4-6-8-10-11-9-6;;/h8,11-12H,5-7H2,1-4H3;6,9-10H,4-5H2,1-3H3,(H,11,12);5-7,9-10H,4H2,1-3H3,(H,11,12);6,9H,5H2,1-4H3,(H,10,11);2*6-7,9H,5H2,1-4H3;6-7,9H,4-5H2,1-3H3,(H,10,11);6-7,9H,5H2,1-4H3;7-9H,5-6H2,1-4H3;5-6,8-9H,3-4H2,1-2H3,(H,10,11);5-6,8H,4H2,1-3H3,(H,9,10);5,7H,3-4H2,1-2H3,(H,8,9,10,11);1H4;1H/t10-;8-;6?,7-;;4*7-;;2*6-;;;/m000.1011.00.../s1. The molecule has 1 heterocycles. The summed E-state index contributed by atoms with van der Waals surface area (Å²) in [5, 5.41) is 137.